The van der Waals surface area contributed by atoms with Gasteiger partial charge in [0.1, 0.15) is 0 Å². The Labute approximate surface area is 94.1 Å². The Morgan fingerprint density at radius 2 is 0.429 bits per heavy atom. The minimum Gasteiger partial charge on any atom is -1.00 e. The molecule has 0 aliphatic rings. The minimum atomic E-state index is 0. The molecule has 0 nitrogen and oxygen atoms in total. The number of hydrogen-bond acceptors (Lipinski definition) is 0. The van der Waals surface area contributed by atoms with Crippen molar-refractivity contribution in [1.29, 1.82) is 0 Å². The molecule has 0 unspecified atom stereocenters. The molecule has 0 N–H and O–H groups in total. The second kappa shape index (κ2) is 81.1. The van der Waals surface area contributed by atoms with E-state index in [-0.39, 0.29) is 95.1 Å². The van der Waals surface area contributed by atoms with Crippen LogP contribution in [0.25, 0.3) is 0 Å². The maximum atomic E-state index is 0. The van der Waals surface area contributed by atoms with E-state index in [1.54, 1.807) is 0 Å². The van der Waals surface area contributed by atoms with Crippen LogP contribution in [0.5, 0.6) is 0 Å². The van der Waals surface area contributed by atoms with Crippen LogP contribution in [0.2, 0.25) is 0 Å². The topological polar surface area (TPSA) is 0 Å². The van der Waals surface area contributed by atoms with E-state index in [0.717, 1.165) is 0 Å². The zero-order chi connectivity index (χ0) is 0. The third-order valence-electron chi connectivity index (χ3n) is 0. The van der Waals surface area contributed by atoms with Crippen molar-refractivity contribution in [3.63, 3.8) is 0 Å². The summed E-state index contributed by atoms with van der Waals surface area (Å²) >= 11 is 0. The first-order chi connectivity index (χ1) is 0. The minimum absolute atomic E-state index is 0. The van der Waals surface area contributed by atoms with E-state index in [2.05, 4.69) is 0 Å². The predicted octanol–water partition coefficient (Wildman–Crippen LogP) is -15.0. The van der Waals surface area contributed by atoms with Gasteiger partial charge in [-0.05, 0) is 0 Å². The Morgan fingerprint density at radius 3 is 0.429 bits per heavy atom. The number of hydrogen-bond donors (Lipinski definition) is 0. The van der Waals surface area contributed by atoms with Crippen LogP contribution < -0.4 is 60.4 Å². The summed E-state index contributed by atoms with van der Waals surface area (Å²) < 4.78 is 0. The van der Waals surface area contributed by atoms with Crippen molar-refractivity contribution in [3.8, 4) is 0 Å². The van der Waals surface area contributed by atoms with Gasteiger partial charge < -0.3 is 60.4 Å². The molecule has 0 amide bonds. The fourth-order valence-electron chi connectivity index (χ4n) is 0. The van der Waals surface area contributed by atoms with Crippen LogP contribution >= 0.6 is 0 Å². The van der Waals surface area contributed by atoms with Crippen molar-refractivity contribution in [3.05, 3.63) is 0 Å². The van der Waals surface area contributed by atoms with Gasteiger partial charge in [0.05, 0.1) is 0 Å². The fourth-order valence-corrected chi connectivity index (χ4v) is 0. The summed E-state index contributed by atoms with van der Waals surface area (Å²) in [6.07, 6.45) is 0. The molecule has 0 aromatic heterocycles. The van der Waals surface area contributed by atoms with Gasteiger partial charge in [-0.15, -0.1) is 0 Å². The SMILES string of the molecule is [Br-].[Br-].[Br-].[Cr+3].[Cr+3].[F-].[F-]. The molecule has 7 heteroatoms. The first kappa shape index (κ1) is 117. The van der Waals surface area contributed by atoms with Crippen molar-refractivity contribution in [2.24, 2.45) is 0 Å². The fraction of sp³-hybridized carbons (Fsp3) is 0. The molecule has 0 fully saturated rings. The van der Waals surface area contributed by atoms with E-state index >= 15 is 0 Å². The van der Waals surface area contributed by atoms with Gasteiger partial charge in [0.2, 0.25) is 0 Å². The Hall–Kier alpha value is 2.36. The van der Waals surface area contributed by atoms with Crippen LogP contribution in [0, 0.1) is 0 Å². The molecule has 0 aromatic carbocycles. The number of rotatable bonds is 0. The monoisotopic (exact) mass is 379 g/mol. The zero-order valence-electron chi connectivity index (χ0n) is 2.71. The molecule has 0 aliphatic carbocycles. The molecule has 0 rings (SSSR count). The van der Waals surface area contributed by atoms with Crippen LogP contribution in [0.1, 0.15) is 0 Å². The third kappa shape index (κ3) is 60.6. The van der Waals surface area contributed by atoms with Crippen LogP contribution in [-0.2, 0) is 34.7 Å². The van der Waals surface area contributed by atoms with Gasteiger partial charge in [-0.3, -0.25) is 0 Å². The maximum Gasteiger partial charge on any atom is 3.00 e. The van der Waals surface area contributed by atoms with Crippen molar-refractivity contribution in [2.75, 3.05) is 0 Å². The molecule has 0 spiro atoms. The van der Waals surface area contributed by atoms with Gasteiger partial charge in [0.25, 0.3) is 0 Å². The summed E-state index contributed by atoms with van der Waals surface area (Å²) in [4.78, 5) is 0. The van der Waals surface area contributed by atoms with Gasteiger partial charge in [-0.1, -0.05) is 0 Å². The molecule has 0 saturated heterocycles. The van der Waals surface area contributed by atoms with Crippen molar-refractivity contribution in [2.45, 2.75) is 0 Å². The molecule has 0 bridgehead atoms. The molecule has 0 saturated carbocycles. The predicted molar refractivity (Wildman–Crippen MR) is 0 cm³/mol. The van der Waals surface area contributed by atoms with Crippen LogP contribution in [0.3, 0.4) is 0 Å². The summed E-state index contributed by atoms with van der Waals surface area (Å²) in [7, 11) is 0. The van der Waals surface area contributed by atoms with Gasteiger partial charge in [0.15, 0.2) is 0 Å². The van der Waals surface area contributed by atoms with Crippen LogP contribution in [0.4, 0.5) is 0 Å². The Balaban J connectivity index is 0. The zero-order valence-corrected chi connectivity index (χ0v) is 10.0. The molecular weight excluding hydrogens is 382 g/mol. The first-order valence-electron chi connectivity index (χ1n) is 0. The van der Waals surface area contributed by atoms with Crippen molar-refractivity contribution in [1.82, 2.24) is 0 Å². The van der Waals surface area contributed by atoms with E-state index < -0.39 is 0 Å². The Bertz CT molecular complexity index is 10.9. The average Bonchev–Trinajstić information content (AvgIpc) is 0. The molecular formula is Br3Cr2F2+. The summed E-state index contributed by atoms with van der Waals surface area (Å²) in [6, 6.07) is 0. The van der Waals surface area contributed by atoms with E-state index in [9.17, 15) is 0 Å². The summed E-state index contributed by atoms with van der Waals surface area (Å²) in [5, 5.41) is 0. The molecule has 46 valence electrons. The largest absolute Gasteiger partial charge is 3.00 e. The molecule has 0 aliphatic heterocycles. The van der Waals surface area contributed by atoms with Crippen molar-refractivity contribution < 1.29 is 95.1 Å². The quantitative estimate of drug-likeness (QED) is 0.391. The molecule has 0 atom stereocenters. The van der Waals surface area contributed by atoms with Crippen LogP contribution in [-0.4, -0.2) is 0 Å². The standard InChI is InChI=1S/3BrH.2Cr.2FH/h3*1H;;;2*1H/q;;;2*+3;;/p-5. The second-order valence-electron chi connectivity index (χ2n) is 0. The van der Waals surface area contributed by atoms with E-state index in [1.165, 1.54) is 0 Å². The van der Waals surface area contributed by atoms with E-state index in [0.29, 0.717) is 0 Å². The summed E-state index contributed by atoms with van der Waals surface area (Å²) in [6.45, 7) is 0. The normalized spacial score (nSPS) is 0. The first-order valence-corrected chi connectivity index (χ1v) is 0. The average molecular weight is 382 g/mol. The Morgan fingerprint density at radius 1 is 0.429 bits per heavy atom. The van der Waals surface area contributed by atoms with Gasteiger partial charge >= 0.3 is 34.7 Å². The van der Waals surface area contributed by atoms with Gasteiger partial charge in [0, 0.05) is 0 Å². The third-order valence-corrected chi connectivity index (χ3v) is 0. The van der Waals surface area contributed by atoms with Gasteiger partial charge in [-0.2, -0.15) is 0 Å². The second-order valence-corrected chi connectivity index (χ2v) is 0. The maximum absolute atomic E-state index is 0. The molecule has 7 heavy (non-hydrogen) atoms. The van der Waals surface area contributed by atoms with Crippen molar-refractivity contribution >= 4 is 0 Å². The van der Waals surface area contributed by atoms with E-state index in [4.69, 9.17) is 0 Å². The molecule has 2 radical (unpaired) electrons. The van der Waals surface area contributed by atoms with E-state index in [1.807, 2.05) is 0 Å². The Kier molecular flexibility index (Phi) is 1360. The molecule has 0 heterocycles. The van der Waals surface area contributed by atoms with Gasteiger partial charge in [-0.25, -0.2) is 0 Å². The molecule has 0 aromatic rings. The summed E-state index contributed by atoms with van der Waals surface area (Å²) in [5.41, 5.74) is 0. The summed E-state index contributed by atoms with van der Waals surface area (Å²) in [5.74, 6) is 0. The number of halogens is 5. The van der Waals surface area contributed by atoms with Crippen LogP contribution in [0.15, 0.2) is 0 Å². The smallest absolute Gasteiger partial charge is 1.00 e.